The molecule has 2 N–H and O–H groups in total. The fourth-order valence-corrected chi connectivity index (χ4v) is 2.78. The van der Waals surface area contributed by atoms with Crippen molar-refractivity contribution in [3.63, 3.8) is 0 Å². The molecular weight excluding hydrogens is 346 g/mol. The number of nitrogens with one attached hydrogen (secondary N) is 2. The van der Waals surface area contributed by atoms with E-state index in [1.165, 1.54) is 6.39 Å². The van der Waals surface area contributed by atoms with E-state index in [9.17, 15) is 4.79 Å². The molecule has 1 atom stereocenters. The van der Waals surface area contributed by atoms with Crippen molar-refractivity contribution in [3.05, 3.63) is 55.1 Å². The first-order valence-electron chi connectivity index (χ1n) is 8.65. The molecular formula is C20H19N3O4. The van der Waals surface area contributed by atoms with Crippen LogP contribution in [0.4, 0.5) is 11.4 Å². The van der Waals surface area contributed by atoms with Crippen molar-refractivity contribution in [1.82, 2.24) is 4.98 Å². The number of carbonyl (C=O) groups is 1. The molecule has 1 aliphatic rings. The highest BCUT2D eigenvalue weighted by Crippen LogP contribution is 2.32. The zero-order chi connectivity index (χ0) is 18.6. The van der Waals surface area contributed by atoms with Crippen LogP contribution >= 0.6 is 0 Å². The molecule has 7 nitrogen and oxygen atoms in total. The summed E-state index contributed by atoms with van der Waals surface area (Å²) in [5, 5.41) is 6.07. The number of oxazole rings is 1. The summed E-state index contributed by atoms with van der Waals surface area (Å²) >= 11 is 0. The van der Waals surface area contributed by atoms with Crippen LogP contribution in [0, 0.1) is 0 Å². The maximum atomic E-state index is 12.5. The number of rotatable bonds is 5. The number of hydrogen-bond donors (Lipinski definition) is 2. The van der Waals surface area contributed by atoms with Crippen molar-refractivity contribution in [2.24, 2.45) is 0 Å². The van der Waals surface area contributed by atoms with Gasteiger partial charge in [0.1, 0.15) is 19.3 Å². The van der Waals surface area contributed by atoms with Gasteiger partial charge in [-0.15, -0.1) is 0 Å². The smallest absolute Gasteiger partial charge is 0.246 e. The van der Waals surface area contributed by atoms with Crippen molar-refractivity contribution in [1.29, 1.82) is 0 Å². The first-order valence-corrected chi connectivity index (χ1v) is 8.65. The summed E-state index contributed by atoms with van der Waals surface area (Å²) in [6.07, 6.45) is 3.03. The lowest BCUT2D eigenvalue weighted by Crippen LogP contribution is -2.31. The molecule has 27 heavy (non-hydrogen) atoms. The van der Waals surface area contributed by atoms with Gasteiger partial charge in [0.15, 0.2) is 23.7 Å². The van der Waals surface area contributed by atoms with Crippen LogP contribution in [0.2, 0.25) is 0 Å². The van der Waals surface area contributed by atoms with Gasteiger partial charge in [0, 0.05) is 23.0 Å². The molecule has 0 saturated heterocycles. The van der Waals surface area contributed by atoms with Crippen LogP contribution in [0.25, 0.3) is 11.3 Å². The number of fused-ring (bicyclic) bond motifs is 1. The van der Waals surface area contributed by atoms with E-state index in [1.807, 2.05) is 42.5 Å². The molecule has 0 saturated carbocycles. The fourth-order valence-electron chi connectivity index (χ4n) is 2.78. The molecule has 138 valence electrons. The number of carbonyl (C=O) groups excluding carboxylic acids is 1. The Kier molecular flexibility index (Phi) is 4.65. The van der Waals surface area contributed by atoms with Gasteiger partial charge in [-0.25, -0.2) is 4.98 Å². The van der Waals surface area contributed by atoms with Crippen LogP contribution in [0.1, 0.15) is 6.92 Å². The number of amides is 1. The Morgan fingerprint density at radius 3 is 2.52 bits per heavy atom. The number of ether oxygens (including phenoxy) is 2. The lowest BCUT2D eigenvalue weighted by molar-refractivity contribution is -0.116. The maximum Gasteiger partial charge on any atom is 0.246 e. The summed E-state index contributed by atoms with van der Waals surface area (Å²) in [5.74, 6) is 1.94. The second-order valence-electron chi connectivity index (χ2n) is 6.16. The Bertz CT molecular complexity index is 923. The molecule has 1 aliphatic heterocycles. The minimum atomic E-state index is -0.429. The SMILES string of the molecule is CC(Nc1ccc2c(c1)OCCO2)C(=O)Nc1ccc(-c2cnco2)cc1. The first-order chi connectivity index (χ1) is 13.2. The lowest BCUT2D eigenvalue weighted by atomic mass is 10.1. The molecule has 0 aliphatic carbocycles. The second kappa shape index (κ2) is 7.41. The molecule has 1 aromatic heterocycles. The number of anilines is 2. The van der Waals surface area contributed by atoms with Crippen LogP contribution in [-0.4, -0.2) is 30.1 Å². The van der Waals surface area contributed by atoms with Crippen LogP contribution in [-0.2, 0) is 4.79 Å². The Hall–Kier alpha value is -3.48. The van der Waals surface area contributed by atoms with Crippen molar-refractivity contribution >= 4 is 17.3 Å². The Morgan fingerprint density at radius 1 is 1.04 bits per heavy atom. The standard InChI is InChI=1S/C20H19N3O4/c1-13(22-16-6-7-17-18(10-16)26-9-8-25-17)20(24)23-15-4-2-14(3-5-15)19-11-21-12-27-19/h2-7,10-13,22H,8-9H2,1H3,(H,23,24). The third-order valence-electron chi connectivity index (χ3n) is 4.19. The normalized spacial score (nSPS) is 13.7. The average molecular weight is 365 g/mol. The van der Waals surface area contributed by atoms with Crippen molar-refractivity contribution in [2.45, 2.75) is 13.0 Å². The van der Waals surface area contributed by atoms with E-state index in [4.69, 9.17) is 13.9 Å². The van der Waals surface area contributed by atoms with E-state index < -0.39 is 6.04 Å². The minimum absolute atomic E-state index is 0.141. The highest BCUT2D eigenvalue weighted by Gasteiger charge is 2.16. The van der Waals surface area contributed by atoms with Gasteiger partial charge in [-0.1, -0.05) is 0 Å². The molecule has 0 spiro atoms. The predicted octanol–water partition coefficient (Wildman–Crippen LogP) is 3.55. The van der Waals surface area contributed by atoms with Gasteiger partial charge in [-0.05, 0) is 43.3 Å². The topological polar surface area (TPSA) is 85.6 Å². The van der Waals surface area contributed by atoms with Gasteiger partial charge in [-0.2, -0.15) is 0 Å². The number of hydrogen-bond acceptors (Lipinski definition) is 6. The van der Waals surface area contributed by atoms with Gasteiger partial charge in [0.25, 0.3) is 0 Å². The molecule has 0 bridgehead atoms. The zero-order valence-corrected chi connectivity index (χ0v) is 14.8. The van der Waals surface area contributed by atoms with Crippen LogP contribution < -0.4 is 20.1 Å². The summed E-state index contributed by atoms with van der Waals surface area (Å²) in [5.41, 5.74) is 2.40. The third kappa shape index (κ3) is 3.87. The molecule has 0 radical (unpaired) electrons. The van der Waals surface area contributed by atoms with Gasteiger partial charge in [0.2, 0.25) is 5.91 Å². The lowest BCUT2D eigenvalue weighted by Gasteiger charge is -2.20. The predicted molar refractivity (Wildman–Crippen MR) is 101 cm³/mol. The van der Waals surface area contributed by atoms with Crippen LogP contribution in [0.5, 0.6) is 11.5 Å². The molecule has 2 heterocycles. The van der Waals surface area contributed by atoms with E-state index in [2.05, 4.69) is 15.6 Å². The van der Waals surface area contributed by atoms with Crippen molar-refractivity contribution in [3.8, 4) is 22.8 Å². The van der Waals surface area contributed by atoms with E-state index >= 15 is 0 Å². The Labute approximate surface area is 156 Å². The highest BCUT2D eigenvalue weighted by atomic mass is 16.6. The summed E-state index contributed by atoms with van der Waals surface area (Å²) in [4.78, 5) is 16.4. The largest absolute Gasteiger partial charge is 0.486 e. The van der Waals surface area contributed by atoms with Gasteiger partial charge < -0.3 is 24.5 Å². The van der Waals surface area contributed by atoms with E-state index in [0.29, 0.717) is 30.4 Å². The number of nitrogens with zero attached hydrogens (tertiary/aromatic N) is 1. The molecule has 1 amide bonds. The Balaban J connectivity index is 1.38. The number of aromatic nitrogens is 1. The van der Waals surface area contributed by atoms with Crippen molar-refractivity contribution in [2.75, 3.05) is 23.8 Å². The average Bonchev–Trinajstić information content (AvgIpc) is 3.23. The van der Waals surface area contributed by atoms with E-state index in [1.54, 1.807) is 13.1 Å². The monoisotopic (exact) mass is 365 g/mol. The molecule has 4 rings (SSSR count). The third-order valence-corrected chi connectivity index (χ3v) is 4.19. The second-order valence-corrected chi connectivity index (χ2v) is 6.16. The quantitative estimate of drug-likeness (QED) is 0.719. The maximum absolute atomic E-state index is 12.5. The van der Waals surface area contributed by atoms with Crippen LogP contribution in [0.15, 0.2) is 59.5 Å². The first kappa shape index (κ1) is 17.0. The van der Waals surface area contributed by atoms with Gasteiger partial charge >= 0.3 is 0 Å². The molecule has 1 unspecified atom stereocenters. The van der Waals surface area contributed by atoms with Gasteiger partial charge in [-0.3, -0.25) is 4.79 Å². The Morgan fingerprint density at radius 2 is 1.78 bits per heavy atom. The summed E-state index contributed by atoms with van der Waals surface area (Å²) in [7, 11) is 0. The minimum Gasteiger partial charge on any atom is -0.486 e. The molecule has 0 fully saturated rings. The molecule has 3 aromatic rings. The van der Waals surface area contributed by atoms with Crippen molar-refractivity contribution < 1.29 is 18.7 Å². The van der Waals surface area contributed by atoms with E-state index in [-0.39, 0.29) is 5.91 Å². The zero-order valence-electron chi connectivity index (χ0n) is 14.8. The highest BCUT2D eigenvalue weighted by molar-refractivity contribution is 5.96. The summed E-state index contributed by atoms with van der Waals surface area (Å²) in [6.45, 7) is 2.87. The summed E-state index contributed by atoms with van der Waals surface area (Å²) < 4.78 is 16.3. The fraction of sp³-hybridized carbons (Fsp3) is 0.200. The molecule has 2 aromatic carbocycles. The molecule has 7 heteroatoms. The van der Waals surface area contributed by atoms with E-state index in [0.717, 1.165) is 17.0 Å². The number of benzene rings is 2. The van der Waals surface area contributed by atoms with Crippen LogP contribution in [0.3, 0.4) is 0 Å². The van der Waals surface area contributed by atoms with Gasteiger partial charge in [0.05, 0.1) is 6.20 Å². The summed E-state index contributed by atoms with van der Waals surface area (Å²) in [6, 6.07) is 12.5.